The van der Waals surface area contributed by atoms with Crippen molar-refractivity contribution in [2.75, 3.05) is 26.3 Å². The maximum absolute atomic E-state index is 13.6. The second-order valence-electron chi connectivity index (χ2n) is 11.5. The van der Waals surface area contributed by atoms with Crippen molar-refractivity contribution in [3.63, 3.8) is 0 Å². The number of ether oxygens (including phenoxy) is 3. The fourth-order valence-corrected chi connectivity index (χ4v) is 5.32. The Morgan fingerprint density at radius 1 is 0.953 bits per heavy atom. The number of hydrogen-bond acceptors (Lipinski definition) is 7. The summed E-state index contributed by atoms with van der Waals surface area (Å²) < 4.78 is 18.2. The van der Waals surface area contributed by atoms with Crippen molar-refractivity contribution in [1.29, 1.82) is 0 Å². The molecule has 3 aliphatic heterocycles. The highest BCUT2D eigenvalue weighted by atomic mass is 16.5. The highest BCUT2D eigenvalue weighted by Gasteiger charge is 2.36. The second kappa shape index (κ2) is 12.7. The van der Waals surface area contributed by atoms with E-state index in [1.165, 1.54) is 0 Å². The molecule has 43 heavy (non-hydrogen) atoms. The Labute approximate surface area is 249 Å². The molecule has 2 amide bonds. The van der Waals surface area contributed by atoms with Crippen LogP contribution in [-0.2, 0) is 29.1 Å². The molecule has 2 atom stereocenters. The van der Waals surface area contributed by atoms with Crippen LogP contribution < -0.4 is 24.8 Å². The molecule has 10 heteroatoms. The molecular formula is C33H35N3O7. The van der Waals surface area contributed by atoms with Gasteiger partial charge in [0.15, 0.2) is 6.61 Å². The summed E-state index contributed by atoms with van der Waals surface area (Å²) in [6.07, 6.45) is 1.94. The Morgan fingerprint density at radius 2 is 1.72 bits per heavy atom. The molecule has 0 unspecified atom stereocenters. The van der Waals surface area contributed by atoms with Gasteiger partial charge in [0, 0.05) is 37.8 Å². The smallest absolute Gasteiger partial charge is 0.307 e. The second-order valence-corrected chi connectivity index (χ2v) is 11.5. The number of carboxylic acid groups (broad SMARTS) is 1. The Morgan fingerprint density at radius 3 is 2.47 bits per heavy atom. The van der Waals surface area contributed by atoms with Crippen LogP contribution in [0.5, 0.6) is 17.2 Å². The van der Waals surface area contributed by atoms with Gasteiger partial charge in [-0.15, -0.1) is 0 Å². The molecule has 4 bridgehead atoms. The predicted molar refractivity (Wildman–Crippen MR) is 157 cm³/mol. The molecule has 0 aromatic heterocycles. The SMILES string of the molecule is O=C(O)Cc1ccc(CN2C[C@@H]3NC(=O)c4cc(cc(OCC5CC5)c4)OCC(=O)NCc4ccc(cc4)O[C@H]3C2)cc1. The zero-order valence-corrected chi connectivity index (χ0v) is 23.8. The fourth-order valence-electron chi connectivity index (χ4n) is 5.32. The van der Waals surface area contributed by atoms with E-state index < -0.39 is 5.97 Å². The Kier molecular flexibility index (Phi) is 8.46. The van der Waals surface area contributed by atoms with E-state index in [0.29, 0.717) is 61.5 Å². The topological polar surface area (TPSA) is 126 Å². The summed E-state index contributed by atoms with van der Waals surface area (Å²) in [6.45, 7) is 2.51. The van der Waals surface area contributed by atoms with Gasteiger partial charge in [-0.25, -0.2) is 0 Å². The van der Waals surface area contributed by atoms with Gasteiger partial charge in [-0.05, 0) is 59.7 Å². The average Bonchev–Trinajstić information content (AvgIpc) is 3.76. The van der Waals surface area contributed by atoms with E-state index in [9.17, 15) is 14.4 Å². The normalized spacial score (nSPS) is 20.7. The third-order valence-electron chi connectivity index (χ3n) is 7.84. The predicted octanol–water partition coefficient (Wildman–Crippen LogP) is 3.17. The first kappa shape index (κ1) is 28.5. The van der Waals surface area contributed by atoms with Crippen LogP contribution in [-0.4, -0.2) is 66.2 Å². The number of nitrogens with zero attached hydrogens (tertiary/aromatic N) is 1. The maximum Gasteiger partial charge on any atom is 0.307 e. The molecule has 3 N–H and O–H groups in total. The van der Waals surface area contributed by atoms with Crippen LogP contribution in [0.4, 0.5) is 0 Å². The van der Waals surface area contributed by atoms with Gasteiger partial charge in [0.05, 0.1) is 19.1 Å². The molecule has 10 nitrogen and oxygen atoms in total. The lowest BCUT2D eigenvalue weighted by Crippen LogP contribution is -2.45. The van der Waals surface area contributed by atoms with Crippen molar-refractivity contribution in [3.05, 3.63) is 89.0 Å². The van der Waals surface area contributed by atoms with Crippen LogP contribution >= 0.6 is 0 Å². The molecule has 1 aliphatic carbocycles. The highest BCUT2D eigenvalue weighted by molar-refractivity contribution is 5.95. The van der Waals surface area contributed by atoms with Gasteiger partial charge >= 0.3 is 5.97 Å². The number of aliphatic carboxylic acids is 1. The summed E-state index contributed by atoms with van der Waals surface area (Å²) in [4.78, 5) is 39.3. The molecule has 3 heterocycles. The van der Waals surface area contributed by atoms with Gasteiger partial charge in [-0.1, -0.05) is 36.4 Å². The quantitative estimate of drug-likeness (QED) is 0.386. The van der Waals surface area contributed by atoms with Gasteiger partial charge in [0.2, 0.25) is 0 Å². The molecule has 3 aromatic rings. The van der Waals surface area contributed by atoms with Crippen molar-refractivity contribution in [2.45, 2.75) is 44.5 Å². The van der Waals surface area contributed by atoms with Crippen molar-refractivity contribution >= 4 is 17.8 Å². The molecule has 2 fully saturated rings. The Bertz CT molecular complexity index is 1470. The largest absolute Gasteiger partial charge is 0.493 e. The van der Waals surface area contributed by atoms with E-state index in [0.717, 1.165) is 29.5 Å². The number of likely N-dealkylation sites (tertiary alicyclic amines) is 1. The van der Waals surface area contributed by atoms with Crippen LogP contribution in [0, 0.1) is 5.92 Å². The number of benzene rings is 3. The first-order valence-electron chi connectivity index (χ1n) is 14.6. The number of carbonyl (C=O) groups excluding carboxylic acids is 2. The highest BCUT2D eigenvalue weighted by Crippen LogP contribution is 2.31. The molecule has 3 aromatic carbocycles. The fraction of sp³-hybridized carbons (Fsp3) is 0.364. The van der Waals surface area contributed by atoms with Gasteiger partial charge in [-0.2, -0.15) is 0 Å². The number of nitrogens with one attached hydrogen (secondary N) is 2. The van der Waals surface area contributed by atoms with Crippen LogP contribution in [0.3, 0.4) is 0 Å². The third-order valence-corrected chi connectivity index (χ3v) is 7.84. The van der Waals surface area contributed by atoms with Gasteiger partial charge < -0.3 is 30.0 Å². The Balaban J connectivity index is 1.23. The lowest BCUT2D eigenvalue weighted by molar-refractivity contribution is -0.136. The van der Waals surface area contributed by atoms with Gasteiger partial charge in [-0.3, -0.25) is 19.3 Å². The molecule has 4 aliphatic rings. The van der Waals surface area contributed by atoms with E-state index in [-0.39, 0.29) is 37.0 Å². The molecule has 1 saturated carbocycles. The number of hydrogen-bond donors (Lipinski definition) is 3. The summed E-state index contributed by atoms with van der Waals surface area (Å²) in [5.74, 6) is 0.691. The zero-order chi connectivity index (χ0) is 29.8. The summed E-state index contributed by atoms with van der Waals surface area (Å²) in [6, 6.07) is 19.8. The average molecular weight is 586 g/mol. The third kappa shape index (κ3) is 7.84. The van der Waals surface area contributed by atoms with Crippen LogP contribution in [0.15, 0.2) is 66.7 Å². The first-order valence-corrected chi connectivity index (χ1v) is 14.6. The van der Waals surface area contributed by atoms with E-state index in [4.69, 9.17) is 19.3 Å². The van der Waals surface area contributed by atoms with Crippen LogP contribution in [0.25, 0.3) is 0 Å². The summed E-state index contributed by atoms with van der Waals surface area (Å²) in [5, 5.41) is 15.1. The zero-order valence-electron chi connectivity index (χ0n) is 23.8. The maximum atomic E-state index is 13.6. The van der Waals surface area contributed by atoms with Crippen molar-refractivity contribution in [1.82, 2.24) is 15.5 Å². The van der Waals surface area contributed by atoms with Crippen molar-refractivity contribution < 1.29 is 33.7 Å². The number of fused-ring (bicyclic) bond motifs is 7. The number of rotatable bonds is 7. The van der Waals surface area contributed by atoms with E-state index in [2.05, 4.69) is 15.5 Å². The molecule has 224 valence electrons. The van der Waals surface area contributed by atoms with Gasteiger partial charge in [0.1, 0.15) is 23.4 Å². The van der Waals surface area contributed by atoms with E-state index >= 15 is 0 Å². The summed E-state index contributed by atoms with van der Waals surface area (Å²) in [7, 11) is 0. The minimum atomic E-state index is -0.862. The van der Waals surface area contributed by atoms with Crippen molar-refractivity contribution in [2.24, 2.45) is 5.92 Å². The summed E-state index contributed by atoms with van der Waals surface area (Å²) >= 11 is 0. The number of carbonyl (C=O) groups is 3. The summed E-state index contributed by atoms with van der Waals surface area (Å²) in [5.41, 5.74) is 3.09. The lowest BCUT2D eigenvalue weighted by atomic mass is 10.1. The number of amides is 2. The standard InChI is InChI=1S/C33H35N3O7/c37-31-20-42-28-13-25(12-27(14-28)41-19-24-5-6-24)33(40)35-29-17-36(16-23-3-1-21(2-4-23)11-32(38)39)18-30(29)43-26-9-7-22(8-10-26)15-34-31/h1-4,7-10,12-14,24,29-30H,5-6,11,15-20H2,(H,34,37)(H,35,40)(H,38,39)/t29-,30-/m0/s1. The monoisotopic (exact) mass is 585 g/mol. The van der Waals surface area contributed by atoms with E-state index in [1.54, 1.807) is 18.2 Å². The van der Waals surface area contributed by atoms with Gasteiger partial charge in [0.25, 0.3) is 11.8 Å². The van der Waals surface area contributed by atoms with Crippen molar-refractivity contribution in [3.8, 4) is 17.2 Å². The number of carboxylic acids is 1. The molecule has 7 rings (SSSR count). The molecular weight excluding hydrogens is 550 g/mol. The van der Waals surface area contributed by atoms with E-state index in [1.807, 2.05) is 48.5 Å². The molecule has 0 radical (unpaired) electrons. The lowest BCUT2D eigenvalue weighted by Gasteiger charge is -2.22. The van der Waals surface area contributed by atoms with Crippen LogP contribution in [0.1, 0.15) is 39.9 Å². The minimum absolute atomic E-state index is 0.0151. The minimum Gasteiger partial charge on any atom is -0.493 e. The molecule has 1 saturated heterocycles. The molecule has 0 spiro atoms. The first-order chi connectivity index (χ1) is 20.9. The Hall–Kier alpha value is -4.57. The van der Waals surface area contributed by atoms with Crippen LogP contribution in [0.2, 0.25) is 0 Å².